The molecule has 0 saturated heterocycles. The molecule has 140 valence electrons. The second kappa shape index (κ2) is 8.06. The van der Waals surface area contributed by atoms with Crippen LogP contribution < -0.4 is 16.0 Å². The van der Waals surface area contributed by atoms with Gasteiger partial charge in [0.15, 0.2) is 0 Å². The third-order valence-corrected chi connectivity index (χ3v) is 4.95. The highest BCUT2D eigenvalue weighted by Crippen LogP contribution is 2.25. The third-order valence-electron chi connectivity index (χ3n) is 4.07. The van der Waals surface area contributed by atoms with Gasteiger partial charge in [-0.05, 0) is 47.8 Å². The van der Waals surface area contributed by atoms with Gasteiger partial charge in [0, 0.05) is 28.6 Å². The fourth-order valence-electron chi connectivity index (χ4n) is 2.82. The van der Waals surface area contributed by atoms with E-state index in [0.29, 0.717) is 12.5 Å². The van der Waals surface area contributed by atoms with Gasteiger partial charge in [-0.15, -0.1) is 11.3 Å². The fourth-order valence-corrected chi connectivity index (χ4v) is 3.47. The number of thiophene rings is 1. The zero-order chi connectivity index (χ0) is 19.3. The maximum Gasteiger partial charge on any atom is 0.229 e. The molecule has 4 aromatic rings. The van der Waals surface area contributed by atoms with Gasteiger partial charge in [0.1, 0.15) is 5.82 Å². The number of benzene rings is 2. The molecule has 6 nitrogen and oxygen atoms in total. The van der Waals surface area contributed by atoms with Crippen LogP contribution in [0.25, 0.3) is 10.9 Å². The minimum absolute atomic E-state index is 0.0972. The Morgan fingerprint density at radius 2 is 1.75 bits per heavy atom. The van der Waals surface area contributed by atoms with E-state index in [4.69, 9.17) is 0 Å². The highest BCUT2D eigenvalue weighted by Gasteiger charge is 2.08. The first-order chi connectivity index (χ1) is 13.7. The summed E-state index contributed by atoms with van der Waals surface area (Å²) in [6, 6.07) is 19.5. The molecule has 0 radical (unpaired) electrons. The minimum Gasteiger partial charge on any atom is -0.364 e. The van der Waals surface area contributed by atoms with Crippen LogP contribution >= 0.6 is 11.3 Å². The predicted molar refractivity (Wildman–Crippen MR) is 115 cm³/mol. The highest BCUT2D eigenvalue weighted by molar-refractivity contribution is 7.09. The lowest BCUT2D eigenvalue weighted by molar-refractivity contribution is -0.114. The van der Waals surface area contributed by atoms with E-state index in [9.17, 15) is 4.79 Å². The van der Waals surface area contributed by atoms with E-state index in [1.807, 2.05) is 54.6 Å². The fraction of sp³-hybridized carbons (Fsp3) is 0.0952. The topological polar surface area (TPSA) is 78.9 Å². The zero-order valence-corrected chi connectivity index (χ0v) is 16.1. The van der Waals surface area contributed by atoms with Gasteiger partial charge in [-0.1, -0.05) is 18.2 Å². The Morgan fingerprint density at radius 3 is 2.50 bits per heavy atom. The Hall–Kier alpha value is -3.45. The van der Waals surface area contributed by atoms with Crippen molar-refractivity contribution in [1.82, 2.24) is 9.97 Å². The number of hydrogen-bond acceptors (Lipinski definition) is 6. The van der Waals surface area contributed by atoms with Crippen LogP contribution in [0.1, 0.15) is 11.8 Å². The molecule has 3 N–H and O–H groups in total. The average Bonchev–Trinajstić information content (AvgIpc) is 3.21. The number of hydrogen-bond donors (Lipinski definition) is 3. The highest BCUT2D eigenvalue weighted by atomic mass is 32.1. The van der Waals surface area contributed by atoms with Crippen molar-refractivity contribution in [3.63, 3.8) is 0 Å². The maximum absolute atomic E-state index is 11.1. The standard InChI is InChI=1S/C21H19N5OS/c1-14(27)23-15-8-10-16(11-9-15)24-21-25-19-7-3-2-6-18(19)20(26-21)22-13-17-5-4-12-28-17/h2-12H,13H2,1H3,(H,23,27)(H2,22,24,25,26). The van der Waals surface area contributed by atoms with Crippen molar-refractivity contribution in [3.8, 4) is 0 Å². The number of amides is 1. The van der Waals surface area contributed by atoms with Gasteiger partial charge in [-0.2, -0.15) is 4.98 Å². The number of para-hydroxylation sites is 1. The average molecular weight is 389 g/mol. The third kappa shape index (κ3) is 4.27. The summed E-state index contributed by atoms with van der Waals surface area (Å²) in [5, 5.41) is 12.4. The lowest BCUT2D eigenvalue weighted by Gasteiger charge is -2.12. The first kappa shape index (κ1) is 17.9. The monoisotopic (exact) mass is 389 g/mol. The molecular weight excluding hydrogens is 370 g/mol. The van der Waals surface area contributed by atoms with Gasteiger partial charge in [0.05, 0.1) is 12.1 Å². The molecule has 1 amide bonds. The summed E-state index contributed by atoms with van der Waals surface area (Å²) >= 11 is 1.71. The number of aromatic nitrogens is 2. The van der Waals surface area contributed by atoms with Crippen LogP contribution in [0.2, 0.25) is 0 Å². The summed E-state index contributed by atoms with van der Waals surface area (Å²) in [5.41, 5.74) is 2.45. The Morgan fingerprint density at radius 1 is 0.964 bits per heavy atom. The molecule has 4 rings (SSSR count). The Labute approximate surface area is 166 Å². The molecule has 0 atom stereocenters. The molecule has 2 heterocycles. The number of carbonyl (C=O) groups is 1. The molecule has 0 bridgehead atoms. The summed E-state index contributed by atoms with van der Waals surface area (Å²) in [5.74, 6) is 1.20. The Balaban J connectivity index is 1.59. The van der Waals surface area contributed by atoms with Crippen LogP contribution in [0.4, 0.5) is 23.1 Å². The van der Waals surface area contributed by atoms with Crippen molar-refractivity contribution in [2.24, 2.45) is 0 Å². The van der Waals surface area contributed by atoms with Gasteiger partial charge in [-0.25, -0.2) is 4.98 Å². The van der Waals surface area contributed by atoms with Gasteiger partial charge in [-0.3, -0.25) is 4.79 Å². The molecule has 0 fully saturated rings. The maximum atomic E-state index is 11.1. The van der Waals surface area contributed by atoms with Crippen LogP contribution in [0.15, 0.2) is 66.0 Å². The summed E-state index contributed by atoms with van der Waals surface area (Å²) < 4.78 is 0. The smallest absolute Gasteiger partial charge is 0.229 e. The van der Waals surface area contributed by atoms with Gasteiger partial charge >= 0.3 is 0 Å². The summed E-state index contributed by atoms with van der Waals surface area (Å²) in [7, 11) is 0. The molecule has 0 aliphatic rings. The molecule has 0 saturated carbocycles. The van der Waals surface area contributed by atoms with Crippen molar-refractivity contribution in [1.29, 1.82) is 0 Å². The van der Waals surface area contributed by atoms with Crippen LogP contribution in [0, 0.1) is 0 Å². The minimum atomic E-state index is -0.0972. The number of carbonyl (C=O) groups excluding carboxylic acids is 1. The first-order valence-corrected chi connectivity index (χ1v) is 9.73. The molecule has 28 heavy (non-hydrogen) atoms. The molecule has 0 spiro atoms. The van der Waals surface area contributed by atoms with Crippen LogP contribution in [-0.2, 0) is 11.3 Å². The van der Waals surface area contributed by atoms with E-state index >= 15 is 0 Å². The molecule has 2 aromatic carbocycles. The normalized spacial score (nSPS) is 10.6. The zero-order valence-electron chi connectivity index (χ0n) is 15.3. The number of fused-ring (bicyclic) bond motifs is 1. The Kier molecular flexibility index (Phi) is 5.16. The lowest BCUT2D eigenvalue weighted by Crippen LogP contribution is -2.06. The van der Waals surface area contributed by atoms with Crippen molar-refractivity contribution in [3.05, 3.63) is 70.9 Å². The summed E-state index contributed by atoms with van der Waals surface area (Å²) in [6.45, 7) is 2.20. The predicted octanol–water partition coefficient (Wildman–Crippen LogP) is 5.01. The van der Waals surface area contributed by atoms with Gasteiger partial charge in [0.2, 0.25) is 11.9 Å². The van der Waals surface area contributed by atoms with E-state index in [0.717, 1.165) is 28.1 Å². The molecular formula is C21H19N5OS. The second-order valence-corrected chi connectivity index (χ2v) is 7.26. The quantitative estimate of drug-likeness (QED) is 0.432. The number of rotatable bonds is 6. The van der Waals surface area contributed by atoms with Gasteiger partial charge in [0.25, 0.3) is 0 Å². The largest absolute Gasteiger partial charge is 0.364 e. The molecule has 7 heteroatoms. The Bertz CT molecular complexity index is 1090. The second-order valence-electron chi connectivity index (χ2n) is 6.23. The number of nitrogens with one attached hydrogen (secondary N) is 3. The molecule has 0 aliphatic heterocycles. The summed E-state index contributed by atoms with van der Waals surface area (Å²) in [6.07, 6.45) is 0. The van der Waals surface area contributed by atoms with E-state index in [1.165, 1.54) is 11.8 Å². The van der Waals surface area contributed by atoms with E-state index in [1.54, 1.807) is 11.3 Å². The number of anilines is 4. The van der Waals surface area contributed by atoms with E-state index in [-0.39, 0.29) is 5.91 Å². The SMILES string of the molecule is CC(=O)Nc1ccc(Nc2nc(NCc3cccs3)c3ccccc3n2)cc1. The lowest BCUT2D eigenvalue weighted by atomic mass is 10.2. The molecule has 0 aliphatic carbocycles. The van der Waals surface area contributed by atoms with Gasteiger partial charge < -0.3 is 16.0 Å². The van der Waals surface area contributed by atoms with E-state index in [2.05, 4.69) is 37.4 Å². The van der Waals surface area contributed by atoms with Crippen molar-refractivity contribution in [2.45, 2.75) is 13.5 Å². The van der Waals surface area contributed by atoms with Crippen molar-refractivity contribution in [2.75, 3.05) is 16.0 Å². The molecule has 0 unspecified atom stereocenters. The van der Waals surface area contributed by atoms with E-state index < -0.39 is 0 Å². The van der Waals surface area contributed by atoms with Crippen LogP contribution in [0.5, 0.6) is 0 Å². The van der Waals surface area contributed by atoms with Crippen molar-refractivity contribution >= 4 is 51.3 Å². The molecule has 2 aromatic heterocycles. The summed E-state index contributed by atoms with van der Waals surface area (Å²) in [4.78, 5) is 21.7. The number of nitrogens with zero attached hydrogens (tertiary/aromatic N) is 2. The van der Waals surface area contributed by atoms with Crippen LogP contribution in [0.3, 0.4) is 0 Å². The van der Waals surface area contributed by atoms with Crippen LogP contribution in [-0.4, -0.2) is 15.9 Å². The first-order valence-electron chi connectivity index (χ1n) is 8.85. The van der Waals surface area contributed by atoms with Crippen molar-refractivity contribution < 1.29 is 4.79 Å².